The SMILES string of the molecule is C=C(C(=O)Oc1cc(C(=O)OCC)nc(C(=O)OCC)c1)c1ccccc1. The first kappa shape index (κ1) is 19.8. The van der Waals surface area contributed by atoms with Crippen molar-refractivity contribution < 1.29 is 28.6 Å². The average molecular weight is 369 g/mol. The minimum atomic E-state index is -0.747. The molecule has 1 aromatic heterocycles. The van der Waals surface area contributed by atoms with Crippen molar-refractivity contribution in [2.45, 2.75) is 13.8 Å². The molecule has 0 radical (unpaired) electrons. The zero-order valence-electron chi connectivity index (χ0n) is 15.1. The van der Waals surface area contributed by atoms with E-state index in [1.165, 1.54) is 12.1 Å². The highest BCUT2D eigenvalue weighted by atomic mass is 16.5. The van der Waals surface area contributed by atoms with Crippen LogP contribution in [0.3, 0.4) is 0 Å². The van der Waals surface area contributed by atoms with E-state index in [-0.39, 0.29) is 35.9 Å². The Labute approximate surface area is 156 Å². The van der Waals surface area contributed by atoms with E-state index in [9.17, 15) is 14.4 Å². The number of benzene rings is 1. The summed E-state index contributed by atoms with van der Waals surface area (Å²) in [6.45, 7) is 7.25. The lowest BCUT2D eigenvalue weighted by molar-refractivity contribution is -0.127. The average Bonchev–Trinajstić information content (AvgIpc) is 2.68. The van der Waals surface area contributed by atoms with Crippen molar-refractivity contribution in [3.63, 3.8) is 0 Å². The van der Waals surface area contributed by atoms with E-state index in [2.05, 4.69) is 11.6 Å². The molecule has 0 saturated heterocycles. The van der Waals surface area contributed by atoms with Gasteiger partial charge in [-0.25, -0.2) is 19.4 Å². The topological polar surface area (TPSA) is 91.8 Å². The second-order valence-corrected chi connectivity index (χ2v) is 5.25. The summed E-state index contributed by atoms with van der Waals surface area (Å²) in [7, 11) is 0. The predicted octanol–water partition coefficient (Wildman–Crippen LogP) is 3.05. The van der Waals surface area contributed by atoms with Crippen molar-refractivity contribution in [2.75, 3.05) is 13.2 Å². The summed E-state index contributed by atoms with van der Waals surface area (Å²) in [6.07, 6.45) is 0. The van der Waals surface area contributed by atoms with Crippen LogP contribution in [0, 0.1) is 0 Å². The lowest BCUT2D eigenvalue weighted by Crippen LogP contribution is -2.15. The molecule has 0 amide bonds. The van der Waals surface area contributed by atoms with Gasteiger partial charge in [0.25, 0.3) is 0 Å². The van der Waals surface area contributed by atoms with Gasteiger partial charge in [-0.3, -0.25) is 0 Å². The predicted molar refractivity (Wildman–Crippen MR) is 97.3 cm³/mol. The third kappa shape index (κ3) is 5.24. The van der Waals surface area contributed by atoms with Gasteiger partial charge in [-0.15, -0.1) is 0 Å². The summed E-state index contributed by atoms with van der Waals surface area (Å²) in [4.78, 5) is 40.2. The monoisotopic (exact) mass is 369 g/mol. The minimum Gasteiger partial charge on any atom is -0.461 e. The number of carbonyl (C=O) groups is 3. The van der Waals surface area contributed by atoms with Crippen molar-refractivity contribution in [1.29, 1.82) is 0 Å². The number of hydrogen-bond acceptors (Lipinski definition) is 7. The van der Waals surface area contributed by atoms with E-state index in [0.717, 1.165) is 0 Å². The van der Waals surface area contributed by atoms with Crippen LogP contribution in [0.1, 0.15) is 40.4 Å². The molecule has 0 aliphatic rings. The second kappa shape index (κ2) is 9.28. The molecular formula is C20H19NO6. The number of carbonyl (C=O) groups excluding carboxylic acids is 3. The minimum absolute atomic E-state index is 0.0433. The van der Waals surface area contributed by atoms with E-state index >= 15 is 0 Å². The van der Waals surface area contributed by atoms with E-state index in [1.54, 1.807) is 38.1 Å². The zero-order chi connectivity index (χ0) is 19.8. The van der Waals surface area contributed by atoms with Crippen LogP contribution in [0.2, 0.25) is 0 Å². The molecule has 0 unspecified atom stereocenters. The maximum atomic E-state index is 12.4. The number of aromatic nitrogens is 1. The van der Waals surface area contributed by atoms with Gasteiger partial charge in [-0.05, 0) is 19.4 Å². The number of rotatable bonds is 7. The van der Waals surface area contributed by atoms with Crippen LogP contribution in [0.4, 0.5) is 0 Å². The summed E-state index contributed by atoms with van der Waals surface area (Å²) in [6, 6.07) is 11.2. The number of ether oxygens (including phenoxy) is 3. The fourth-order valence-electron chi connectivity index (χ4n) is 2.11. The third-order valence-electron chi connectivity index (χ3n) is 3.35. The Morgan fingerprint density at radius 3 is 1.93 bits per heavy atom. The van der Waals surface area contributed by atoms with Gasteiger partial charge in [0.2, 0.25) is 0 Å². The fraction of sp³-hybridized carbons (Fsp3) is 0.200. The van der Waals surface area contributed by atoms with Gasteiger partial charge in [0, 0.05) is 12.1 Å². The van der Waals surface area contributed by atoms with E-state index in [4.69, 9.17) is 14.2 Å². The fourth-order valence-corrected chi connectivity index (χ4v) is 2.11. The van der Waals surface area contributed by atoms with Gasteiger partial charge in [-0.2, -0.15) is 0 Å². The first-order chi connectivity index (χ1) is 13.0. The van der Waals surface area contributed by atoms with E-state index in [1.807, 2.05) is 6.07 Å². The number of esters is 3. The molecule has 1 aromatic carbocycles. The lowest BCUT2D eigenvalue weighted by Gasteiger charge is -2.10. The van der Waals surface area contributed by atoms with Crippen molar-refractivity contribution in [3.05, 3.63) is 66.0 Å². The molecule has 27 heavy (non-hydrogen) atoms. The van der Waals surface area contributed by atoms with Crippen molar-refractivity contribution in [2.24, 2.45) is 0 Å². The van der Waals surface area contributed by atoms with Gasteiger partial charge >= 0.3 is 17.9 Å². The molecule has 1 heterocycles. The Morgan fingerprint density at radius 1 is 0.926 bits per heavy atom. The first-order valence-corrected chi connectivity index (χ1v) is 8.29. The van der Waals surface area contributed by atoms with Gasteiger partial charge in [-0.1, -0.05) is 36.9 Å². The van der Waals surface area contributed by atoms with Crippen LogP contribution in [0.5, 0.6) is 5.75 Å². The molecule has 0 saturated carbocycles. The number of pyridine rings is 1. The van der Waals surface area contributed by atoms with Crippen LogP contribution in [-0.4, -0.2) is 36.1 Å². The quantitative estimate of drug-likeness (QED) is 0.547. The summed E-state index contributed by atoms with van der Waals surface area (Å²) < 4.78 is 15.1. The molecule has 2 rings (SSSR count). The highest BCUT2D eigenvalue weighted by molar-refractivity contribution is 6.16. The van der Waals surface area contributed by atoms with Gasteiger partial charge < -0.3 is 14.2 Å². The summed E-state index contributed by atoms with van der Waals surface area (Å²) >= 11 is 0. The maximum Gasteiger partial charge on any atom is 0.357 e. The number of nitrogens with zero attached hydrogens (tertiary/aromatic N) is 1. The second-order valence-electron chi connectivity index (χ2n) is 5.25. The molecule has 2 aromatic rings. The highest BCUT2D eigenvalue weighted by Crippen LogP contribution is 2.20. The van der Waals surface area contributed by atoms with E-state index in [0.29, 0.717) is 5.56 Å². The van der Waals surface area contributed by atoms with E-state index < -0.39 is 17.9 Å². The number of hydrogen-bond donors (Lipinski definition) is 0. The molecule has 140 valence electrons. The summed E-state index contributed by atoms with van der Waals surface area (Å²) in [5.41, 5.74) is 0.377. The van der Waals surface area contributed by atoms with Crippen molar-refractivity contribution in [3.8, 4) is 5.75 Å². The molecule has 0 aliphatic heterocycles. The molecule has 0 spiro atoms. The summed E-state index contributed by atoms with van der Waals surface area (Å²) in [5, 5.41) is 0. The molecule has 0 atom stereocenters. The Bertz CT molecular complexity index is 824. The van der Waals surface area contributed by atoms with Gasteiger partial charge in [0.15, 0.2) is 11.4 Å². The Hall–Kier alpha value is -3.48. The van der Waals surface area contributed by atoms with Gasteiger partial charge in [0.05, 0.1) is 18.8 Å². The van der Waals surface area contributed by atoms with Crippen molar-refractivity contribution in [1.82, 2.24) is 4.98 Å². The van der Waals surface area contributed by atoms with Crippen LogP contribution < -0.4 is 4.74 Å². The van der Waals surface area contributed by atoms with Crippen LogP contribution >= 0.6 is 0 Å². The Balaban J connectivity index is 2.31. The molecule has 7 heteroatoms. The van der Waals surface area contributed by atoms with Crippen LogP contribution in [-0.2, 0) is 14.3 Å². The third-order valence-corrected chi connectivity index (χ3v) is 3.35. The molecule has 7 nitrogen and oxygen atoms in total. The molecule has 0 aliphatic carbocycles. The Kier molecular flexibility index (Phi) is 6.82. The standard InChI is InChI=1S/C20H19NO6/c1-4-25-19(23)16-11-15(12-17(21-16)20(24)26-5-2)27-18(22)13(3)14-9-7-6-8-10-14/h6-12H,3-5H2,1-2H3. The maximum absolute atomic E-state index is 12.4. The summed E-state index contributed by atoms with van der Waals surface area (Å²) in [5.74, 6) is -2.26. The smallest absolute Gasteiger partial charge is 0.357 e. The molecule has 0 bridgehead atoms. The van der Waals surface area contributed by atoms with Gasteiger partial charge in [0.1, 0.15) is 5.75 Å². The molecule has 0 fully saturated rings. The van der Waals surface area contributed by atoms with Crippen LogP contribution in [0.15, 0.2) is 49.0 Å². The largest absolute Gasteiger partial charge is 0.461 e. The normalized spacial score (nSPS) is 10.0. The lowest BCUT2D eigenvalue weighted by atomic mass is 10.1. The molecule has 0 N–H and O–H groups in total. The Morgan fingerprint density at radius 2 is 1.44 bits per heavy atom. The molecular weight excluding hydrogens is 350 g/mol. The van der Waals surface area contributed by atoms with Crippen molar-refractivity contribution >= 4 is 23.5 Å². The van der Waals surface area contributed by atoms with Crippen LogP contribution in [0.25, 0.3) is 5.57 Å². The zero-order valence-corrected chi connectivity index (χ0v) is 15.1. The highest BCUT2D eigenvalue weighted by Gasteiger charge is 2.19. The first-order valence-electron chi connectivity index (χ1n) is 8.29.